The Morgan fingerprint density at radius 3 is 2.48 bits per heavy atom. The van der Waals surface area contributed by atoms with Crippen LogP contribution in [0.2, 0.25) is 0 Å². The molecule has 3 rings (SSSR count). The fourth-order valence-electron chi connectivity index (χ4n) is 2.16. The van der Waals surface area contributed by atoms with Gasteiger partial charge in [0.05, 0.1) is 0 Å². The number of nitrogens with two attached hydrogens (primary N) is 1. The number of nitrogens with zero attached hydrogens (tertiary/aromatic N) is 1. The lowest BCUT2D eigenvalue weighted by Crippen LogP contribution is -1.97. The van der Waals surface area contributed by atoms with Crippen molar-refractivity contribution in [2.75, 3.05) is 0 Å². The van der Waals surface area contributed by atoms with Crippen molar-refractivity contribution >= 4 is 0 Å². The fraction of sp³-hybridized carbons (Fsp3) is 0.0556. The van der Waals surface area contributed by atoms with E-state index < -0.39 is 0 Å². The standard InChI is InChI=1S/C18H16N2O/c19-13-14-10-11-20-18(12-14)21-17-9-5-4-8-16(17)15-6-2-1-3-7-15/h1-12H,13,19H2. The van der Waals surface area contributed by atoms with Crippen molar-refractivity contribution in [2.45, 2.75) is 6.54 Å². The number of aromatic nitrogens is 1. The third kappa shape index (κ3) is 3.09. The van der Waals surface area contributed by atoms with Gasteiger partial charge in [-0.3, -0.25) is 0 Å². The van der Waals surface area contributed by atoms with Gasteiger partial charge in [-0.25, -0.2) is 4.98 Å². The fourth-order valence-corrected chi connectivity index (χ4v) is 2.16. The van der Waals surface area contributed by atoms with Gasteiger partial charge in [0.15, 0.2) is 0 Å². The van der Waals surface area contributed by atoms with Crippen LogP contribution in [0, 0.1) is 0 Å². The first kappa shape index (κ1) is 13.3. The quantitative estimate of drug-likeness (QED) is 0.783. The largest absolute Gasteiger partial charge is 0.438 e. The van der Waals surface area contributed by atoms with Crippen molar-refractivity contribution in [2.24, 2.45) is 5.73 Å². The molecule has 3 nitrogen and oxygen atoms in total. The van der Waals surface area contributed by atoms with Gasteiger partial charge in [-0.05, 0) is 23.3 Å². The summed E-state index contributed by atoms with van der Waals surface area (Å²) < 4.78 is 5.94. The SMILES string of the molecule is NCc1ccnc(Oc2ccccc2-c2ccccc2)c1. The highest BCUT2D eigenvalue weighted by Crippen LogP contribution is 2.32. The van der Waals surface area contributed by atoms with E-state index in [1.807, 2.05) is 54.6 Å². The maximum Gasteiger partial charge on any atom is 0.219 e. The maximum absolute atomic E-state index is 5.94. The molecule has 0 unspecified atom stereocenters. The molecule has 0 saturated carbocycles. The highest BCUT2D eigenvalue weighted by Gasteiger charge is 2.07. The van der Waals surface area contributed by atoms with Crippen LogP contribution in [0.5, 0.6) is 11.6 Å². The summed E-state index contributed by atoms with van der Waals surface area (Å²) in [6.07, 6.45) is 1.71. The number of para-hydroxylation sites is 1. The van der Waals surface area contributed by atoms with Crippen LogP contribution in [0.25, 0.3) is 11.1 Å². The summed E-state index contributed by atoms with van der Waals surface area (Å²) in [6.45, 7) is 0.471. The number of hydrogen-bond donors (Lipinski definition) is 1. The van der Waals surface area contributed by atoms with Crippen LogP contribution in [0.4, 0.5) is 0 Å². The minimum absolute atomic E-state index is 0.471. The summed E-state index contributed by atoms with van der Waals surface area (Å²) in [4.78, 5) is 4.24. The Kier molecular flexibility index (Phi) is 3.94. The molecule has 0 aliphatic carbocycles. The topological polar surface area (TPSA) is 48.1 Å². The van der Waals surface area contributed by atoms with E-state index in [1.54, 1.807) is 6.20 Å². The summed E-state index contributed by atoms with van der Waals surface area (Å²) in [6, 6.07) is 21.8. The summed E-state index contributed by atoms with van der Waals surface area (Å²) in [7, 11) is 0. The third-order valence-corrected chi connectivity index (χ3v) is 3.22. The van der Waals surface area contributed by atoms with E-state index in [0.717, 1.165) is 22.4 Å². The van der Waals surface area contributed by atoms with E-state index in [4.69, 9.17) is 10.5 Å². The van der Waals surface area contributed by atoms with Crippen molar-refractivity contribution in [3.05, 3.63) is 78.5 Å². The zero-order valence-corrected chi connectivity index (χ0v) is 11.6. The number of hydrogen-bond acceptors (Lipinski definition) is 3. The minimum atomic E-state index is 0.471. The molecule has 0 radical (unpaired) electrons. The van der Waals surface area contributed by atoms with Crippen LogP contribution in [0.3, 0.4) is 0 Å². The summed E-state index contributed by atoms with van der Waals surface area (Å²) in [5, 5.41) is 0. The van der Waals surface area contributed by atoms with E-state index in [1.165, 1.54) is 0 Å². The van der Waals surface area contributed by atoms with Crippen LogP contribution in [-0.2, 0) is 6.54 Å². The first-order valence-corrected chi connectivity index (χ1v) is 6.84. The van der Waals surface area contributed by atoms with Crippen LogP contribution in [0.15, 0.2) is 72.9 Å². The van der Waals surface area contributed by atoms with Crippen molar-refractivity contribution in [3.63, 3.8) is 0 Å². The molecule has 0 saturated heterocycles. The maximum atomic E-state index is 5.94. The molecular weight excluding hydrogens is 260 g/mol. The molecule has 21 heavy (non-hydrogen) atoms. The van der Waals surface area contributed by atoms with Crippen molar-refractivity contribution in [3.8, 4) is 22.8 Å². The van der Waals surface area contributed by atoms with Gasteiger partial charge >= 0.3 is 0 Å². The molecule has 0 atom stereocenters. The second kappa shape index (κ2) is 6.20. The highest BCUT2D eigenvalue weighted by molar-refractivity contribution is 5.70. The summed E-state index contributed by atoms with van der Waals surface area (Å²) >= 11 is 0. The Morgan fingerprint density at radius 1 is 0.905 bits per heavy atom. The molecule has 0 spiro atoms. The molecule has 2 aromatic carbocycles. The third-order valence-electron chi connectivity index (χ3n) is 3.22. The lowest BCUT2D eigenvalue weighted by atomic mass is 10.1. The molecular formula is C18H16N2O. The van der Waals surface area contributed by atoms with Gasteiger partial charge in [-0.15, -0.1) is 0 Å². The van der Waals surface area contributed by atoms with Crippen LogP contribution in [0.1, 0.15) is 5.56 Å². The van der Waals surface area contributed by atoms with Gasteiger partial charge in [0, 0.05) is 24.4 Å². The molecule has 0 aliphatic heterocycles. The minimum Gasteiger partial charge on any atom is -0.438 e. The molecule has 1 heterocycles. The molecule has 2 N–H and O–H groups in total. The number of ether oxygens (including phenoxy) is 1. The van der Waals surface area contributed by atoms with Gasteiger partial charge in [-0.2, -0.15) is 0 Å². The van der Waals surface area contributed by atoms with Gasteiger partial charge in [0.2, 0.25) is 5.88 Å². The molecule has 104 valence electrons. The molecule has 0 fully saturated rings. The summed E-state index contributed by atoms with van der Waals surface area (Å²) in [5.74, 6) is 1.34. The first-order valence-electron chi connectivity index (χ1n) is 6.84. The average Bonchev–Trinajstić information content (AvgIpc) is 2.56. The predicted molar refractivity (Wildman–Crippen MR) is 84.1 cm³/mol. The second-order valence-corrected chi connectivity index (χ2v) is 4.67. The molecule has 1 aromatic heterocycles. The Bertz CT molecular complexity index is 726. The summed E-state index contributed by atoms with van der Waals surface area (Å²) in [5.41, 5.74) is 8.80. The van der Waals surface area contributed by atoms with E-state index >= 15 is 0 Å². The average molecular weight is 276 g/mol. The van der Waals surface area contributed by atoms with Crippen molar-refractivity contribution < 1.29 is 4.74 Å². The molecule has 0 amide bonds. The number of benzene rings is 2. The molecule has 3 heteroatoms. The molecule has 0 bridgehead atoms. The predicted octanol–water partition coefficient (Wildman–Crippen LogP) is 4.00. The Hall–Kier alpha value is -2.65. The normalized spacial score (nSPS) is 10.3. The van der Waals surface area contributed by atoms with E-state index in [-0.39, 0.29) is 0 Å². The van der Waals surface area contributed by atoms with E-state index in [0.29, 0.717) is 12.4 Å². The monoisotopic (exact) mass is 276 g/mol. The Morgan fingerprint density at radius 2 is 1.67 bits per heavy atom. The first-order chi connectivity index (χ1) is 10.4. The van der Waals surface area contributed by atoms with Crippen LogP contribution < -0.4 is 10.5 Å². The van der Waals surface area contributed by atoms with Gasteiger partial charge in [0.25, 0.3) is 0 Å². The van der Waals surface area contributed by atoms with Gasteiger partial charge < -0.3 is 10.5 Å². The number of pyridine rings is 1. The second-order valence-electron chi connectivity index (χ2n) is 4.67. The smallest absolute Gasteiger partial charge is 0.219 e. The lowest BCUT2D eigenvalue weighted by molar-refractivity contribution is 0.464. The zero-order valence-electron chi connectivity index (χ0n) is 11.6. The van der Waals surface area contributed by atoms with Gasteiger partial charge in [-0.1, -0.05) is 48.5 Å². The van der Waals surface area contributed by atoms with Gasteiger partial charge in [0.1, 0.15) is 5.75 Å². The zero-order chi connectivity index (χ0) is 14.5. The Balaban J connectivity index is 1.96. The molecule has 3 aromatic rings. The van der Waals surface area contributed by atoms with Crippen molar-refractivity contribution in [1.82, 2.24) is 4.98 Å². The molecule has 0 aliphatic rings. The van der Waals surface area contributed by atoms with Crippen molar-refractivity contribution in [1.29, 1.82) is 0 Å². The van der Waals surface area contributed by atoms with Crippen LogP contribution >= 0.6 is 0 Å². The van der Waals surface area contributed by atoms with E-state index in [9.17, 15) is 0 Å². The highest BCUT2D eigenvalue weighted by atomic mass is 16.5. The Labute approximate surface area is 124 Å². The lowest BCUT2D eigenvalue weighted by Gasteiger charge is -2.11. The van der Waals surface area contributed by atoms with Crippen LogP contribution in [-0.4, -0.2) is 4.98 Å². The van der Waals surface area contributed by atoms with E-state index in [2.05, 4.69) is 17.1 Å². The number of rotatable bonds is 4.